The van der Waals surface area contributed by atoms with E-state index in [2.05, 4.69) is 43.9 Å². The van der Waals surface area contributed by atoms with Crippen molar-refractivity contribution in [3.8, 4) is 0 Å². The Bertz CT molecular complexity index is 2310. The van der Waals surface area contributed by atoms with E-state index in [1.54, 1.807) is 116 Å². The van der Waals surface area contributed by atoms with Gasteiger partial charge in [-0.3, -0.25) is 19.6 Å². The van der Waals surface area contributed by atoms with Crippen LogP contribution in [-0.2, 0) is 0 Å². The normalized spacial score (nSPS) is 42.8. The highest BCUT2D eigenvalue weighted by molar-refractivity contribution is 5.08. The van der Waals surface area contributed by atoms with Crippen LogP contribution in [0, 0.1) is 82.9 Å². The molecule has 16 saturated carbocycles. The predicted molar refractivity (Wildman–Crippen MR) is 415 cm³/mol. The predicted octanol–water partition coefficient (Wildman–Crippen LogP) is 25.5. The largest absolute Gasteiger partial charge is 0.294 e. The summed E-state index contributed by atoms with van der Waals surface area (Å²) in [6.45, 7) is 0. The second-order valence-corrected chi connectivity index (χ2v) is 40.1. The van der Waals surface area contributed by atoms with Crippen LogP contribution in [0.25, 0.3) is 0 Å². The van der Waals surface area contributed by atoms with Crippen LogP contribution in [0.1, 0.15) is 411 Å². The number of fused-ring (bicyclic) bond motifs is 5. The minimum Gasteiger partial charge on any atom is -0.294 e. The zero-order valence-electron chi connectivity index (χ0n) is 64.4. The van der Waals surface area contributed by atoms with Crippen molar-refractivity contribution < 1.29 is 0 Å². The van der Waals surface area contributed by atoms with E-state index in [0.717, 1.165) is 155 Å². The molecule has 0 spiro atoms. The lowest BCUT2D eigenvalue weighted by Crippen LogP contribution is -2.55. The third kappa shape index (κ3) is 17.0. The Morgan fingerprint density at radius 2 is 0.327 bits per heavy atom. The van der Waals surface area contributed by atoms with Crippen molar-refractivity contribution in [3.05, 3.63) is 24.3 Å². The van der Waals surface area contributed by atoms with Gasteiger partial charge in [-0.1, -0.05) is 159 Å². The summed E-state index contributed by atoms with van der Waals surface area (Å²) in [5.74, 6) is 14.1. The molecule has 4 nitrogen and oxygen atoms in total. The van der Waals surface area contributed by atoms with Crippen LogP contribution < -0.4 is 0 Å². The minimum atomic E-state index is 0.849. The smallest absolute Gasteiger partial charge is 0.0102 e. The summed E-state index contributed by atoms with van der Waals surface area (Å²) in [5, 5.41) is 0. The first-order valence-corrected chi connectivity index (χ1v) is 47.1. The highest BCUT2D eigenvalue weighted by Gasteiger charge is 2.56. The molecule has 0 radical (unpaired) electrons. The molecule has 16 aliphatic rings. The Morgan fingerprint density at radius 1 is 0.133 bits per heavy atom. The maximum absolute atomic E-state index is 3.36. The topological polar surface area (TPSA) is 13.0 Å². The van der Waals surface area contributed by atoms with Crippen LogP contribution in [0.2, 0.25) is 0 Å². The molecule has 0 aromatic carbocycles. The lowest BCUT2D eigenvalue weighted by Gasteiger charge is -2.60. The molecule has 0 aliphatic heterocycles. The molecule has 0 aromatic heterocycles. The third-order valence-corrected chi connectivity index (χ3v) is 35.1. The maximum Gasteiger partial charge on any atom is 0.0102 e. The van der Waals surface area contributed by atoms with E-state index in [9.17, 15) is 0 Å². The van der Waals surface area contributed by atoms with Gasteiger partial charge in [0.05, 0.1) is 0 Å². The molecule has 0 saturated heterocycles. The molecule has 0 bridgehead atoms. The first-order chi connectivity index (χ1) is 48.6. The summed E-state index contributed by atoms with van der Waals surface area (Å²) in [7, 11) is 0. The number of nitrogens with zero attached hydrogens (tertiary/aromatic N) is 4. The molecule has 554 valence electrons. The lowest BCUT2D eigenvalue weighted by molar-refractivity contribution is -0.113. The first-order valence-electron chi connectivity index (χ1n) is 47.1. The molecule has 8 unspecified atom stereocenters. The lowest BCUT2D eigenvalue weighted by atomic mass is 9.45. The van der Waals surface area contributed by atoms with Gasteiger partial charge in [0, 0.05) is 72.5 Å². The van der Waals surface area contributed by atoms with Gasteiger partial charge in [0.2, 0.25) is 0 Å². The Hall–Kier alpha value is -0.680. The van der Waals surface area contributed by atoms with Gasteiger partial charge in [-0.25, -0.2) is 0 Å². The molecule has 98 heavy (non-hydrogen) atoms. The highest BCUT2D eigenvalue weighted by atomic mass is 15.2. The zero-order valence-corrected chi connectivity index (χ0v) is 64.4. The summed E-state index contributed by atoms with van der Waals surface area (Å²) < 4.78 is 0. The monoisotopic (exact) mass is 1340 g/mol. The first kappa shape index (κ1) is 71.6. The van der Waals surface area contributed by atoms with Gasteiger partial charge in [-0.2, -0.15) is 0 Å². The molecule has 16 aliphatic carbocycles. The molecular formula is C94H158N4. The van der Waals surface area contributed by atoms with Gasteiger partial charge in [0.25, 0.3) is 0 Å². The van der Waals surface area contributed by atoms with Crippen molar-refractivity contribution in [1.29, 1.82) is 0 Å². The van der Waals surface area contributed by atoms with Crippen molar-refractivity contribution in [2.75, 3.05) is 0 Å². The molecule has 16 fully saturated rings. The summed E-state index contributed by atoms with van der Waals surface area (Å²) in [6.07, 6.45) is 109. The molecule has 0 heterocycles. The Balaban J connectivity index is 0.529. The average molecular weight is 1340 g/mol. The van der Waals surface area contributed by atoms with Gasteiger partial charge >= 0.3 is 0 Å². The van der Waals surface area contributed by atoms with Crippen LogP contribution in [0.5, 0.6) is 0 Å². The van der Waals surface area contributed by atoms with E-state index < -0.39 is 0 Å². The van der Waals surface area contributed by atoms with Crippen LogP contribution in [0.4, 0.5) is 0 Å². The highest BCUT2D eigenvalue weighted by Crippen LogP contribution is 2.63. The van der Waals surface area contributed by atoms with Crippen LogP contribution in [-0.4, -0.2) is 92.1 Å². The zero-order chi connectivity index (χ0) is 65.4. The fraction of sp³-hybridized carbons (Fsp3) is 0.957. The molecule has 16 rings (SSSR count). The number of hydrogen-bond acceptors (Lipinski definition) is 4. The number of rotatable bonds is 18. The standard InChI is InChI=1S/C94H158N4/c1-7-22-76(23-8-1)95(77-24-9-2-10-25-77)82-52-39-69(40-53-82)35-37-71-43-56-84(57-44-71)97(80-30-15-5-16-31-80)86-60-47-74(48-61-86)89-65-66-90(94-92(89)68-67-91-88-34-20-19-21-73(88)51-64-93(91)94)75-49-62-87(63-50-75)98(81-32-17-6-18-33-81)85-58-45-72(46-59-85)38-36-70-41-54-83(55-42-70)96(78-26-11-3-12-27-78)79-28-13-4-14-29-79/h35-38,69-94H,1-34,39-68H2. The van der Waals surface area contributed by atoms with E-state index in [-0.39, 0.29) is 0 Å². The number of hydrogen-bond donors (Lipinski definition) is 0. The maximum atomic E-state index is 3.36. The van der Waals surface area contributed by atoms with Crippen molar-refractivity contribution in [2.45, 2.75) is 483 Å². The minimum absolute atomic E-state index is 0.849. The van der Waals surface area contributed by atoms with Crippen LogP contribution in [0.3, 0.4) is 0 Å². The molecule has 0 aromatic rings. The molecule has 0 amide bonds. The molecule has 0 N–H and O–H groups in total. The van der Waals surface area contributed by atoms with Crippen molar-refractivity contribution in [3.63, 3.8) is 0 Å². The fourth-order valence-corrected chi connectivity index (χ4v) is 30.5. The van der Waals surface area contributed by atoms with E-state index in [1.807, 2.05) is 0 Å². The molecule has 4 heteroatoms. The van der Waals surface area contributed by atoms with E-state index >= 15 is 0 Å². The Labute approximate surface area is 606 Å². The molecular weight excluding hydrogens is 1190 g/mol. The van der Waals surface area contributed by atoms with Gasteiger partial charge in [0.15, 0.2) is 0 Å². The van der Waals surface area contributed by atoms with Crippen molar-refractivity contribution >= 4 is 0 Å². The van der Waals surface area contributed by atoms with E-state index in [1.165, 1.54) is 295 Å². The van der Waals surface area contributed by atoms with Crippen LogP contribution >= 0.6 is 0 Å². The Morgan fingerprint density at radius 3 is 0.653 bits per heavy atom. The van der Waals surface area contributed by atoms with Gasteiger partial charge in [0.1, 0.15) is 0 Å². The quantitative estimate of drug-likeness (QED) is 0.127. The van der Waals surface area contributed by atoms with E-state index in [0.29, 0.717) is 0 Å². The van der Waals surface area contributed by atoms with Crippen molar-refractivity contribution in [2.24, 2.45) is 82.9 Å². The Kier molecular flexibility index (Phi) is 25.8. The van der Waals surface area contributed by atoms with E-state index in [4.69, 9.17) is 0 Å². The van der Waals surface area contributed by atoms with Crippen LogP contribution in [0.15, 0.2) is 24.3 Å². The second-order valence-electron chi connectivity index (χ2n) is 40.1. The van der Waals surface area contributed by atoms with Gasteiger partial charge < -0.3 is 0 Å². The number of allylic oxidation sites excluding steroid dienone is 4. The third-order valence-electron chi connectivity index (χ3n) is 35.1. The molecule has 8 atom stereocenters. The summed E-state index contributed by atoms with van der Waals surface area (Å²) in [4.78, 5) is 13.1. The van der Waals surface area contributed by atoms with Gasteiger partial charge in [-0.05, 0) is 359 Å². The SMILES string of the molecule is C(=CC1CCC(N(C2CCCCC2)C2CCC(C3CCC(C4CCC(N(C5CCCCC5)C5CCC(C=CC6CCC(N(C7CCCCC7)C7CCCCC7)CC6)CC5)CC4)C4C3CCC3C5CCCCC5CCC34)CC2)CC1)C1CCC(N(C2CCCCC2)C2CCCCC2)CC1. The average Bonchev–Trinajstić information content (AvgIpc) is 0.737. The summed E-state index contributed by atoms with van der Waals surface area (Å²) >= 11 is 0. The second kappa shape index (κ2) is 35.4. The summed E-state index contributed by atoms with van der Waals surface area (Å²) in [6, 6.07) is 10.7. The van der Waals surface area contributed by atoms with Crippen molar-refractivity contribution in [1.82, 2.24) is 19.6 Å². The summed E-state index contributed by atoms with van der Waals surface area (Å²) in [5.41, 5.74) is 0. The van der Waals surface area contributed by atoms with Gasteiger partial charge in [-0.15, -0.1) is 0 Å². The fourth-order valence-electron chi connectivity index (χ4n) is 30.5.